The normalized spacial score (nSPS) is 22.5. The van der Waals surface area contributed by atoms with Gasteiger partial charge in [0.2, 0.25) is 0 Å². The monoisotopic (exact) mass is 263 g/mol. The molecular weight excluding hydrogens is 242 g/mol. The fourth-order valence-electron chi connectivity index (χ4n) is 3.11. The largest absolute Gasteiger partial charge is 0.381 e. The summed E-state index contributed by atoms with van der Waals surface area (Å²) in [5, 5.41) is 0. The summed E-state index contributed by atoms with van der Waals surface area (Å²) in [5.74, 6) is 7.01. The van der Waals surface area contributed by atoms with E-state index in [2.05, 4.69) is 20.3 Å². The molecule has 0 amide bonds. The van der Waals surface area contributed by atoms with Crippen molar-refractivity contribution in [1.82, 2.24) is 9.97 Å². The topological polar surface area (TPSA) is 76.3 Å². The predicted molar refractivity (Wildman–Crippen MR) is 73.8 cm³/mol. The summed E-state index contributed by atoms with van der Waals surface area (Å²) in [7, 11) is 0. The lowest BCUT2D eigenvalue weighted by atomic mass is 9.72. The van der Waals surface area contributed by atoms with Gasteiger partial charge in [-0.3, -0.25) is 0 Å². The van der Waals surface area contributed by atoms with Gasteiger partial charge < -0.3 is 15.1 Å². The van der Waals surface area contributed by atoms with Gasteiger partial charge in [-0.05, 0) is 31.1 Å². The number of piperidine rings is 1. The molecular formula is C13H21N5O. The number of nitrogen functional groups attached to an aromatic ring is 1. The highest BCUT2D eigenvalue weighted by atomic mass is 16.5. The highest BCUT2D eigenvalue weighted by Gasteiger charge is 2.36. The first-order chi connectivity index (χ1) is 9.31. The molecule has 6 nitrogen and oxygen atoms in total. The Morgan fingerprint density at radius 2 is 1.89 bits per heavy atom. The zero-order valence-electron chi connectivity index (χ0n) is 11.1. The van der Waals surface area contributed by atoms with E-state index in [1.165, 1.54) is 25.7 Å². The number of nitrogens with zero attached hydrogens (tertiary/aromatic N) is 3. The van der Waals surface area contributed by atoms with E-state index in [0.717, 1.165) is 32.1 Å². The molecule has 6 heteroatoms. The Morgan fingerprint density at radius 3 is 2.58 bits per heavy atom. The maximum Gasteiger partial charge on any atom is 0.145 e. The maximum absolute atomic E-state index is 5.48. The van der Waals surface area contributed by atoms with Crippen LogP contribution in [0.1, 0.15) is 25.7 Å². The Hall–Kier alpha value is -1.40. The minimum absolute atomic E-state index is 0.511. The highest BCUT2D eigenvalue weighted by Crippen LogP contribution is 2.41. The molecule has 0 atom stereocenters. The van der Waals surface area contributed by atoms with Crippen LogP contribution in [0, 0.1) is 5.41 Å². The zero-order valence-corrected chi connectivity index (χ0v) is 11.1. The van der Waals surface area contributed by atoms with Crippen LogP contribution in [0.2, 0.25) is 0 Å². The molecule has 19 heavy (non-hydrogen) atoms. The Balaban J connectivity index is 1.65. The molecule has 0 radical (unpaired) electrons. The summed E-state index contributed by atoms with van der Waals surface area (Å²) in [6, 6.07) is 1.90. The number of hydrogen-bond donors (Lipinski definition) is 2. The second kappa shape index (κ2) is 5.30. The summed E-state index contributed by atoms with van der Waals surface area (Å²) in [5.41, 5.74) is 3.08. The Bertz CT molecular complexity index is 423. The Labute approximate surface area is 113 Å². The third-order valence-corrected chi connectivity index (χ3v) is 4.50. The molecule has 0 aromatic carbocycles. The average Bonchev–Trinajstić information content (AvgIpc) is 2.49. The molecule has 1 spiro atoms. The molecule has 3 rings (SSSR count). The molecule has 104 valence electrons. The fourth-order valence-corrected chi connectivity index (χ4v) is 3.11. The van der Waals surface area contributed by atoms with Crippen molar-refractivity contribution in [3.8, 4) is 0 Å². The number of hydrogen-bond acceptors (Lipinski definition) is 6. The van der Waals surface area contributed by atoms with Gasteiger partial charge in [-0.2, -0.15) is 0 Å². The van der Waals surface area contributed by atoms with Gasteiger partial charge in [0.05, 0.1) is 0 Å². The molecule has 2 aliphatic rings. The molecule has 3 N–H and O–H groups in total. The molecule has 0 saturated carbocycles. The van der Waals surface area contributed by atoms with Crippen molar-refractivity contribution < 1.29 is 4.74 Å². The number of anilines is 2. The molecule has 2 saturated heterocycles. The quantitative estimate of drug-likeness (QED) is 0.616. The van der Waals surface area contributed by atoms with Crippen LogP contribution in [-0.2, 0) is 4.74 Å². The number of nitrogens with one attached hydrogen (secondary N) is 1. The van der Waals surface area contributed by atoms with Gasteiger partial charge in [-0.15, -0.1) is 0 Å². The van der Waals surface area contributed by atoms with Crippen LogP contribution in [0.15, 0.2) is 12.4 Å². The summed E-state index contributed by atoms with van der Waals surface area (Å²) in [6.07, 6.45) is 6.43. The Kier molecular flexibility index (Phi) is 3.52. The van der Waals surface area contributed by atoms with E-state index < -0.39 is 0 Å². The Morgan fingerprint density at radius 1 is 1.16 bits per heavy atom. The lowest BCUT2D eigenvalue weighted by Crippen LogP contribution is -2.43. The van der Waals surface area contributed by atoms with Gasteiger partial charge in [0.1, 0.15) is 18.0 Å². The van der Waals surface area contributed by atoms with Crippen molar-refractivity contribution in [2.75, 3.05) is 36.6 Å². The van der Waals surface area contributed by atoms with E-state index >= 15 is 0 Å². The third-order valence-electron chi connectivity index (χ3n) is 4.50. The second-order valence-corrected chi connectivity index (χ2v) is 5.51. The number of ether oxygens (including phenoxy) is 1. The van der Waals surface area contributed by atoms with Crippen molar-refractivity contribution in [2.24, 2.45) is 11.3 Å². The number of rotatable bonds is 2. The SMILES string of the molecule is NNc1cc(N2CCC3(CCOCC3)CC2)ncn1. The summed E-state index contributed by atoms with van der Waals surface area (Å²) < 4.78 is 5.48. The van der Waals surface area contributed by atoms with Crippen LogP contribution < -0.4 is 16.2 Å². The first-order valence-electron chi connectivity index (χ1n) is 6.93. The van der Waals surface area contributed by atoms with Gasteiger partial charge in [0.25, 0.3) is 0 Å². The van der Waals surface area contributed by atoms with Crippen LogP contribution in [0.3, 0.4) is 0 Å². The van der Waals surface area contributed by atoms with Gasteiger partial charge in [-0.25, -0.2) is 15.8 Å². The van der Waals surface area contributed by atoms with E-state index in [9.17, 15) is 0 Å². The molecule has 0 aliphatic carbocycles. The van der Waals surface area contributed by atoms with Gasteiger partial charge in [0, 0.05) is 32.4 Å². The van der Waals surface area contributed by atoms with Crippen molar-refractivity contribution in [3.05, 3.63) is 12.4 Å². The van der Waals surface area contributed by atoms with Gasteiger partial charge in [-0.1, -0.05) is 0 Å². The molecule has 1 aromatic heterocycles. The molecule has 3 heterocycles. The van der Waals surface area contributed by atoms with Crippen LogP contribution in [0.4, 0.5) is 11.6 Å². The smallest absolute Gasteiger partial charge is 0.145 e. The maximum atomic E-state index is 5.48. The standard InChI is InChI=1S/C13H21N5O/c14-17-11-9-12(16-10-15-11)18-5-1-13(2-6-18)3-7-19-8-4-13/h9-10H,1-8,14H2,(H,15,16,17). The minimum atomic E-state index is 0.511. The minimum Gasteiger partial charge on any atom is -0.381 e. The second-order valence-electron chi connectivity index (χ2n) is 5.51. The summed E-state index contributed by atoms with van der Waals surface area (Å²) in [4.78, 5) is 10.7. The van der Waals surface area contributed by atoms with E-state index in [-0.39, 0.29) is 0 Å². The average molecular weight is 263 g/mol. The van der Waals surface area contributed by atoms with E-state index in [4.69, 9.17) is 10.6 Å². The summed E-state index contributed by atoms with van der Waals surface area (Å²) >= 11 is 0. The first kappa shape index (κ1) is 12.6. The number of aromatic nitrogens is 2. The first-order valence-corrected chi connectivity index (χ1v) is 6.93. The zero-order chi connectivity index (χ0) is 13.1. The van der Waals surface area contributed by atoms with E-state index in [1.807, 2.05) is 6.07 Å². The van der Waals surface area contributed by atoms with E-state index in [0.29, 0.717) is 11.2 Å². The predicted octanol–water partition coefficient (Wildman–Crippen LogP) is 1.16. The highest BCUT2D eigenvalue weighted by molar-refractivity contribution is 5.48. The van der Waals surface area contributed by atoms with Crippen LogP contribution in [0.5, 0.6) is 0 Å². The van der Waals surface area contributed by atoms with Gasteiger partial charge in [0.15, 0.2) is 0 Å². The van der Waals surface area contributed by atoms with E-state index in [1.54, 1.807) is 6.33 Å². The van der Waals surface area contributed by atoms with Crippen molar-refractivity contribution in [3.63, 3.8) is 0 Å². The van der Waals surface area contributed by atoms with Crippen LogP contribution in [-0.4, -0.2) is 36.3 Å². The van der Waals surface area contributed by atoms with Crippen molar-refractivity contribution in [2.45, 2.75) is 25.7 Å². The molecule has 0 unspecified atom stereocenters. The molecule has 0 bridgehead atoms. The molecule has 2 fully saturated rings. The van der Waals surface area contributed by atoms with Gasteiger partial charge >= 0.3 is 0 Å². The lowest BCUT2D eigenvalue weighted by Gasteiger charge is -2.44. The number of nitrogens with two attached hydrogens (primary N) is 1. The van der Waals surface area contributed by atoms with Crippen LogP contribution in [0.25, 0.3) is 0 Å². The summed E-state index contributed by atoms with van der Waals surface area (Å²) in [6.45, 7) is 3.96. The number of hydrazine groups is 1. The third kappa shape index (κ3) is 2.64. The molecule has 1 aromatic rings. The molecule has 2 aliphatic heterocycles. The fraction of sp³-hybridized carbons (Fsp3) is 0.692. The lowest BCUT2D eigenvalue weighted by molar-refractivity contribution is 0.00206. The van der Waals surface area contributed by atoms with Crippen molar-refractivity contribution >= 4 is 11.6 Å². The van der Waals surface area contributed by atoms with Crippen LogP contribution >= 0.6 is 0 Å². The van der Waals surface area contributed by atoms with Crippen molar-refractivity contribution in [1.29, 1.82) is 0 Å².